The van der Waals surface area contributed by atoms with Crippen LogP contribution in [0.3, 0.4) is 0 Å². The minimum absolute atomic E-state index is 0.370. The smallest absolute Gasteiger partial charge is 0.245 e. The van der Waals surface area contributed by atoms with E-state index >= 15 is 0 Å². The van der Waals surface area contributed by atoms with E-state index in [0.717, 1.165) is 0 Å². The molecule has 5 nitrogen and oxygen atoms in total. The van der Waals surface area contributed by atoms with Crippen molar-refractivity contribution in [1.82, 2.24) is 15.1 Å². The molecule has 16 heavy (non-hydrogen) atoms. The summed E-state index contributed by atoms with van der Waals surface area (Å²) < 4.78 is 4.93. The quantitative estimate of drug-likeness (QED) is 0.917. The molecule has 1 N–H and O–H groups in total. The Bertz CT molecular complexity index is 500. The number of halogens is 2. The first-order valence-electron chi connectivity index (χ1n) is 4.49. The van der Waals surface area contributed by atoms with E-state index in [1.807, 2.05) is 0 Å². The highest BCUT2D eigenvalue weighted by Crippen LogP contribution is 2.22. The molecule has 2 aromatic heterocycles. The van der Waals surface area contributed by atoms with E-state index in [0.29, 0.717) is 34.1 Å². The van der Waals surface area contributed by atoms with Crippen LogP contribution in [0.15, 0.2) is 16.8 Å². The number of rotatable bonds is 3. The van der Waals surface area contributed by atoms with Gasteiger partial charge in [-0.15, -0.1) is 0 Å². The van der Waals surface area contributed by atoms with Gasteiger partial charge in [-0.1, -0.05) is 28.4 Å². The maximum atomic E-state index is 5.92. The fourth-order valence-corrected chi connectivity index (χ4v) is 1.56. The van der Waals surface area contributed by atoms with Crippen molar-refractivity contribution in [2.45, 2.75) is 13.5 Å². The molecule has 2 aromatic rings. The number of nitrogens with one attached hydrogen (secondary N) is 1. The molecule has 0 amide bonds. The van der Waals surface area contributed by atoms with E-state index in [9.17, 15) is 0 Å². The van der Waals surface area contributed by atoms with Gasteiger partial charge in [0.05, 0.1) is 16.6 Å². The maximum absolute atomic E-state index is 5.92. The van der Waals surface area contributed by atoms with Gasteiger partial charge < -0.3 is 9.84 Å². The van der Waals surface area contributed by atoms with Gasteiger partial charge in [-0.25, -0.2) is 4.98 Å². The first-order valence-corrected chi connectivity index (χ1v) is 5.25. The highest BCUT2D eigenvalue weighted by atomic mass is 35.5. The lowest BCUT2D eigenvalue weighted by Crippen LogP contribution is -2.02. The second kappa shape index (κ2) is 4.67. The van der Waals surface area contributed by atoms with E-state index in [1.54, 1.807) is 13.0 Å². The van der Waals surface area contributed by atoms with Crippen molar-refractivity contribution >= 4 is 29.0 Å². The Morgan fingerprint density at radius 3 is 2.88 bits per heavy atom. The van der Waals surface area contributed by atoms with Crippen molar-refractivity contribution in [1.29, 1.82) is 0 Å². The molecule has 0 aliphatic rings. The second-order valence-corrected chi connectivity index (χ2v) is 3.92. The summed E-state index contributed by atoms with van der Waals surface area (Å²) in [5, 5.41) is 7.57. The van der Waals surface area contributed by atoms with Gasteiger partial charge in [0.15, 0.2) is 5.82 Å². The van der Waals surface area contributed by atoms with E-state index in [2.05, 4.69) is 20.4 Å². The Morgan fingerprint density at radius 1 is 1.44 bits per heavy atom. The summed E-state index contributed by atoms with van der Waals surface area (Å²) in [6.45, 7) is 2.12. The first kappa shape index (κ1) is 11.2. The Balaban J connectivity index is 2.04. The van der Waals surface area contributed by atoms with E-state index < -0.39 is 0 Å². The fourth-order valence-electron chi connectivity index (χ4n) is 1.12. The van der Waals surface area contributed by atoms with Crippen molar-refractivity contribution in [2.75, 3.05) is 5.32 Å². The average molecular weight is 259 g/mol. The molecular formula is C9H8Cl2N4O. The van der Waals surface area contributed by atoms with E-state index in [1.165, 1.54) is 6.20 Å². The average Bonchev–Trinajstić information content (AvgIpc) is 2.63. The molecule has 0 saturated heterocycles. The zero-order valence-electron chi connectivity index (χ0n) is 8.37. The van der Waals surface area contributed by atoms with Crippen LogP contribution in [0.2, 0.25) is 10.0 Å². The van der Waals surface area contributed by atoms with Gasteiger partial charge in [-0.2, -0.15) is 4.98 Å². The summed E-state index contributed by atoms with van der Waals surface area (Å²) in [6, 6.07) is 1.61. The Labute approximate surface area is 102 Å². The second-order valence-electron chi connectivity index (χ2n) is 3.07. The molecule has 0 fully saturated rings. The lowest BCUT2D eigenvalue weighted by molar-refractivity contribution is 0.379. The van der Waals surface area contributed by atoms with Crippen molar-refractivity contribution in [3.05, 3.63) is 34.0 Å². The van der Waals surface area contributed by atoms with Crippen molar-refractivity contribution in [2.24, 2.45) is 0 Å². The van der Waals surface area contributed by atoms with Gasteiger partial charge >= 0.3 is 0 Å². The predicted octanol–water partition coefficient (Wildman–Crippen LogP) is 2.69. The molecule has 0 aliphatic carbocycles. The zero-order chi connectivity index (χ0) is 11.5. The van der Waals surface area contributed by atoms with Gasteiger partial charge in [-0.05, 0) is 13.0 Å². The van der Waals surface area contributed by atoms with Crippen LogP contribution in [0.5, 0.6) is 0 Å². The van der Waals surface area contributed by atoms with Gasteiger partial charge in [0.25, 0.3) is 0 Å². The van der Waals surface area contributed by atoms with Crippen molar-refractivity contribution < 1.29 is 4.52 Å². The topological polar surface area (TPSA) is 63.8 Å². The molecule has 0 aromatic carbocycles. The highest BCUT2D eigenvalue weighted by Gasteiger charge is 2.05. The third-order valence-corrected chi connectivity index (χ3v) is 2.28. The molecule has 0 atom stereocenters. The number of nitrogens with zero attached hydrogens (tertiary/aromatic N) is 3. The van der Waals surface area contributed by atoms with Crippen LogP contribution in [0.4, 0.5) is 5.82 Å². The van der Waals surface area contributed by atoms with Crippen LogP contribution in [0, 0.1) is 6.92 Å². The van der Waals surface area contributed by atoms with E-state index in [4.69, 9.17) is 27.7 Å². The summed E-state index contributed by atoms with van der Waals surface area (Å²) in [6.07, 6.45) is 1.51. The van der Waals surface area contributed by atoms with Crippen LogP contribution < -0.4 is 5.32 Å². The van der Waals surface area contributed by atoms with Gasteiger partial charge in [0.1, 0.15) is 5.82 Å². The standard InChI is InChI=1S/C9H8Cl2N4O/c1-5-14-8(16-15-5)4-13-9-7(11)2-6(10)3-12-9/h2-3H,4H2,1H3,(H,12,13). The lowest BCUT2D eigenvalue weighted by atomic mass is 10.4. The molecule has 0 radical (unpaired) electrons. The SMILES string of the molecule is Cc1noc(CNc2ncc(Cl)cc2Cl)n1. The van der Waals surface area contributed by atoms with Crippen molar-refractivity contribution in [3.63, 3.8) is 0 Å². The van der Waals surface area contributed by atoms with Gasteiger partial charge in [0.2, 0.25) is 5.89 Å². The van der Waals surface area contributed by atoms with Gasteiger partial charge in [-0.3, -0.25) is 0 Å². The Hall–Kier alpha value is -1.33. The van der Waals surface area contributed by atoms with Crippen molar-refractivity contribution in [3.8, 4) is 0 Å². The monoisotopic (exact) mass is 258 g/mol. The number of aromatic nitrogens is 3. The number of anilines is 1. The summed E-state index contributed by atoms with van der Waals surface area (Å²) in [5.74, 6) is 1.60. The molecule has 0 spiro atoms. The van der Waals surface area contributed by atoms with Crippen LogP contribution in [0.1, 0.15) is 11.7 Å². The third kappa shape index (κ3) is 2.62. The number of aryl methyl sites for hydroxylation is 1. The molecule has 84 valence electrons. The molecule has 0 saturated carbocycles. The molecule has 2 rings (SSSR count). The number of pyridine rings is 1. The first-order chi connectivity index (χ1) is 7.65. The van der Waals surface area contributed by atoms with Gasteiger partial charge in [0, 0.05) is 6.20 Å². The maximum Gasteiger partial charge on any atom is 0.245 e. The largest absolute Gasteiger partial charge is 0.360 e. The number of hydrogen-bond acceptors (Lipinski definition) is 5. The molecule has 0 aliphatic heterocycles. The molecular weight excluding hydrogens is 251 g/mol. The van der Waals surface area contributed by atoms with Crippen LogP contribution >= 0.6 is 23.2 Å². The molecule has 2 heterocycles. The minimum atomic E-state index is 0.370. The summed E-state index contributed by atoms with van der Waals surface area (Å²) in [7, 11) is 0. The van der Waals surface area contributed by atoms with Crippen LogP contribution in [0.25, 0.3) is 0 Å². The normalized spacial score (nSPS) is 10.4. The fraction of sp³-hybridized carbons (Fsp3) is 0.222. The Kier molecular flexibility index (Phi) is 3.26. The molecule has 0 bridgehead atoms. The molecule has 7 heteroatoms. The minimum Gasteiger partial charge on any atom is -0.360 e. The lowest BCUT2D eigenvalue weighted by Gasteiger charge is -2.04. The van der Waals surface area contributed by atoms with Crippen LogP contribution in [-0.2, 0) is 6.54 Å². The number of hydrogen-bond donors (Lipinski definition) is 1. The van der Waals surface area contributed by atoms with E-state index in [-0.39, 0.29) is 0 Å². The predicted molar refractivity (Wildman–Crippen MR) is 60.6 cm³/mol. The zero-order valence-corrected chi connectivity index (χ0v) is 9.88. The highest BCUT2D eigenvalue weighted by molar-refractivity contribution is 6.35. The third-order valence-electron chi connectivity index (χ3n) is 1.78. The Morgan fingerprint density at radius 2 is 2.25 bits per heavy atom. The summed E-state index contributed by atoms with van der Waals surface area (Å²) >= 11 is 11.6. The summed E-state index contributed by atoms with van der Waals surface area (Å²) in [4.78, 5) is 8.07. The molecule has 0 unspecified atom stereocenters. The van der Waals surface area contributed by atoms with Crippen LogP contribution in [-0.4, -0.2) is 15.1 Å². The summed E-state index contributed by atoms with van der Waals surface area (Å²) in [5.41, 5.74) is 0.